The zero-order chi connectivity index (χ0) is 25.0. The van der Waals surface area contributed by atoms with Gasteiger partial charge in [0.1, 0.15) is 0 Å². The summed E-state index contributed by atoms with van der Waals surface area (Å²) in [5.41, 5.74) is 0.352. The van der Waals surface area contributed by atoms with E-state index in [-0.39, 0.29) is 11.1 Å². The first-order valence-electron chi connectivity index (χ1n) is 12.2. The van der Waals surface area contributed by atoms with E-state index >= 15 is 0 Å². The molecule has 0 aromatic carbocycles. The van der Waals surface area contributed by atoms with Crippen molar-refractivity contribution in [3.63, 3.8) is 0 Å². The fraction of sp³-hybridized carbons (Fsp3) is 0.769. The van der Waals surface area contributed by atoms with Crippen LogP contribution < -0.4 is 0 Å². The molecule has 4 N–H and O–H groups in total. The van der Waals surface area contributed by atoms with Crippen LogP contribution in [-0.2, 0) is 9.59 Å². The Morgan fingerprint density at radius 3 is 0.688 bits per heavy atom. The standard InChI is InChI=1S/C18H38O2.2C4H6O2/c19-17-15-13-11-9-7-5-3-1-2-4-6-8-10-12-14-16-18-20;2*1-3(2)4(5)6/h19-20H,1-18H2;2*1H2,2H3,(H,5,6). The number of carboxylic acids is 2. The molecule has 0 rings (SSSR count). The summed E-state index contributed by atoms with van der Waals surface area (Å²) in [6, 6.07) is 0. The summed E-state index contributed by atoms with van der Waals surface area (Å²) >= 11 is 0. The fourth-order valence-electron chi connectivity index (χ4n) is 2.70. The first kappa shape index (κ1) is 34.9. The molecule has 0 bridgehead atoms. The van der Waals surface area contributed by atoms with Crippen molar-refractivity contribution in [2.24, 2.45) is 0 Å². The molecule has 0 aliphatic carbocycles. The van der Waals surface area contributed by atoms with Crippen molar-refractivity contribution in [3.05, 3.63) is 24.3 Å². The predicted molar refractivity (Wildman–Crippen MR) is 133 cm³/mol. The number of aliphatic carboxylic acids is 2. The molecular weight excluding hydrogens is 408 g/mol. The van der Waals surface area contributed by atoms with E-state index in [4.69, 9.17) is 20.4 Å². The third kappa shape index (κ3) is 38.9. The molecule has 190 valence electrons. The van der Waals surface area contributed by atoms with Gasteiger partial charge in [0.25, 0.3) is 0 Å². The highest BCUT2D eigenvalue weighted by Gasteiger charge is 1.94. The summed E-state index contributed by atoms with van der Waals surface area (Å²) in [4.78, 5) is 19.2. The van der Waals surface area contributed by atoms with Crippen molar-refractivity contribution >= 4 is 11.9 Å². The van der Waals surface area contributed by atoms with Crippen LogP contribution in [0, 0.1) is 0 Å². The van der Waals surface area contributed by atoms with Crippen LogP contribution in [0.3, 0.4) is 0 Å². The summed E-state index contributed by atoms with van der Waals surface area (Å²) in [5.74, 6) is -1.87. The third-order valence-corrected chi connectivity index (χ3v) is 4.80. The molecule has 0 aromatic rings. The van der Waals surface area contributed by atoms with E-state index in [2.05, 4.69) is 13.2 Å². The summed E-state index contributed by atoms with van der Waals surface area (Å²) in [7, 11) is 0. The minimum absolute atomic E-state index is 0.176. The number of hydrogen-bond acceptors (Lipinski definition) is 4. The van der Waals surface area contributed by atoms with Gasteiger partial charge in [0.05, 0.1) is 0 Å². The van der Waals surface area contributed by atoms with Crippen molar-refractivity contribution in [2.45, 2.75) is 117 Å². The van der Waals surface area contributed by atoms with E-state index in [0.29, 0.717) is 13.2 Å². The fourth-order valence-corrected chi connectivity index (χ4v) is 2.70. The van der Waals surface area contributed by atoms with Gasteiger partial charge >= 0.3 is 11.9 Å². The van der Waals surface area contributed by atoms with Crippen LogP contribution in [0.5, 0.6) is 0 Å². The molecule has 0 radical (unpaired) electrons. The second kappa shape index (κ2) is 29.3. The van der Waals surface area contributed by atoms with E-state index in [1.54, 1.807) is 0 Å². The van der Waals surface area contributed by atoms with Gasteiger partial charge in [-0.15, -0.1) is 0 Å². The van der Waals surface area contributed by atoms with Crippen molar-refractivity contribution < 1.29 is 30.0 Å². The molecule has 0 aromatic heterocycles. The van der Waals surface area contributed by atoms with E-state index in [0.717, 1.165) is 12.8 Å². The Bertz CT molecular complexity index is 393. The molecule has 0 unspecified atom stereocenters. The number of carbonyl (C=O) groups is 2. The van der Waals surface area contributed by atoms with Crippen molar-refractivity contribution in [1.29, 1.82) is 0 Å². The van der Waals surface area contributed by atoms with Gasteiger partial charge in [0.15, 0.2) is 0 Å². The lowest BCUT2D eigenvalue weighted by atomic mass is 10.0. The molecule has 0 amide bonds. The zero-order valence-corrected chi connectivity index (χ0v) is 20.7. The number of rotatable bonds is 19. The molecule has 0 fully saturated rings. The Hall–Kier alpha value is -1.66. The Kier molecular flexibility index (Phi) is 32.0. The molecule has 0 spiro atoms. The largest absolute Gasteiger partial charge is 0.478 e. The maximum Gasteiger partial charge on any atom is 0.330 e. The lowest BCUT2D eigenvalue weighted by Crippen LogP contribution is -1.92. The van der Waals surface area contributed by atoms with Crippen molar-refractivity contribution in [3.8, 4) is 0 Å². The molecule has 0 heterocycles. The first-order chi connectivity index (χ1) is 15.2. The lowest BCUT2D eigenvalue weighted by molar-refractivity contribution is -0.133. The maximum atomic E-state index is 9.60. The van der Waals surface area contributed by atoms with E-state index in [1.807, 2.05) is 0 Å². The highest BCUT2D eigenvalue weighted by Crippen LogP contribution is 2.13. The van der Waals surface area contributed by atoms with Crippen LogP contribution >= 0.6 is 0 Å². The summed E-state index contributed by atoms with van der Waals surface area (Å²) in [6.45, 7) is 9.93. The molecule has 6 nitrogen and oxygen atoms in total. The summed E-state index contributed by atoms with van der Waals surface area (Å²) in [5, 5.41) is 33.1. The number of unbranched alkanes of at least 4 members (excludes halogenated alkanes) is 15. The summed E-state index contributed by atoms with van der Waals surface area (Å²) in [6.07, 6.45) is 20.9. The average Bonchev–Trinajstić information content (AvgIpc) is 2.74. The van der Waals surface area contributed by atoms with Crippen LogP contribution in [0.25, 0.3) is 0 Å². The Morgan fingerprint density at radius 1 is 0.469 bits per heavy atom. The van der Waals surface area contributed by atoms with Gasteiger partial charge in [-0.05, 0) is 26.7 Å². The van der Waals surface area contributed by atoms with Gasteiger partial charge < -0.3 is 20.4 Å². The van der Waals surface area contributed by atoms with Crippen LogP contribution in [0.1, 0.15) is 117 Å². The third-order valence-electron chi connectivity index (χ3n) is 4.80. The normalized spacial score (nSPS) is 9.75. The van der Waals surface area contributed by atoms with Gasteiger partial charge in [-0.3, -0.25) is 0 Å². The number of carboxylic acid groups (broad SMARTS) is 2. The molecule has 0 aliphatic heterocycles. The molecular formula is C26H50O6. The molecule has 0 saturated carbocycles. The van der Waals surface area contributed by atoms with Crippen LogP contribution in [0.4, 0.5) is 0 Å². The summed E-state index contributed by atoms with van der Waals surface area (Å²) < 4.78 is 0. The minimum atomic E-state index is -0.935. The van der Waals surface area contributed by atoms with Gasteiger partial charge in [-0.1, -0.05) is 103 Å². The van der Waals surface area contributed by atoms with Gasteiger partial charge in [-0.2, -0.15) is 0 Å². The predicted octanol–water partition coefficient (Wildman–Crippen LogP) is 6.51. The Labute approximate surface area is 196 Å². The van der Waals surface area contributed by atoms with E-state index in [1.165, 1.54) is 104 Å². The number of hydrogen-bond donors (Lipinski definition) is 4. The van der Waals surface area contributed by atoms with Crippen LogP contribution in [-0.4, -0.2) is 45.6 Å². The number of aliphatic hydroxyl groups excluding tert-OH is 2. The first-order valence-corrected chi connectivity index (χ1v) is 12.2. The SMILES string of the molecule is C=C(C)C(=O)O.C=C(C)C(=O)O.OCCCCCCCCCCCCCCCCCCO. The second-order valence-electron chi connectivity index (χ2n) is 8.28. The van der Waals surface area contributed by atoms with Gasteiger partial charge in [0, 0.05) is 24.4 Å². The minimum Gasteiger partial charge on any atom is -0.478 e. The lowest BCUT2D eigenvalue weighted by Gasteiger charge is -2.03. The molecule has 0 atom stereocenters. The van der Waals surface area contributed by atoms with Crippen LogP contribution in [0.2, 0.25) is 0 Å². The zero-order valence-electron chi connectivity index (χ0n) is 20.7. The van der Waals surface area contributed by atoms with Gasteiger partial charge in [0.2, 0.25) is 0 Å². The average molecular weight is 459 g/mol. The highest BCUT2D eigenvalue weighted by molar-refractivity contribution is 5.85. The Morgan fingerprint density at radius 2 is 0.594 bits per heavy atom. The highest BCUT2D eigenvalue weighted by atomic mass is 16.4. The van der Waals surface area contributed by atoms with Gasteiger partial charge in [-0.25, -0.2) is 9.59 Å². The molecule has 6 heteroatoms. The molecule has 0 saturated heterocycles. The van der Waals surface area contributed by atoms with Crippen molar-refractivity contribution in [1.82, 2.24) is 0 Å². The topological polar surface area (TPSA) is 115 Å². The smallest absolute Gasteiger partial charge is 0.330 e. The molecule has 0 aliphatic rings. The monoisotopic (exact) mass is 458 g/mol. The number of aliphatic hydroxyl groups is 2. The van der Waals surface area contributed by atoms with Crippen LogP contribution in [0.15, 0.2) is 24.3 Å². The Balaban J connectivity index is -0.000000571. The van der Waals surface area contributed by atoms with E-state index in [9.17, 15) is 9.59 Å². The quantitative estimate of drug-likeness (QED) is 0.130. The van der Waals surface area contributed by atoms with Crippen molar-refractivity contribution in [2.75, 3.05) is 13.2 Å². The van der Waals surface area contributed by atoms with E-state index < -0.39 is 11.9 Å². The molecule has 32 heavy (non-hydrogen) atoms. The second-order valence-corrected chi connectivity index (χ2v) is 8.28. The maximum absolute atomic E-state index is 9.60.